The lowest BCUT2D eigenvalue weighted by molar-refractivity contribution is -0.127. The summed E-state index contributed by atoms with van der Waals surface area (Å²) in [7, 11) is 1.63. The van der Waals surface area contributed by atoms with Crippen molar-refractivity contribution < 1.29 is 9.53 Å². The van der Waals surface area contributed by atoms with Crippen LogP contribution in [0, 0.1) is 0 Å². The third-order valence-corrected chi connectivity index (χ3v) is 4.30. The molecule has 0 saturated carbocycles. The molecule has 0 unspecified atom stereocenters. The Bertz CT molecular complexity index is 613. The Kier molecular flexibility index (Phi) is 10.7. The van der Waals surface area contributed by atoms with Gasteiger partial charge in [-0.25, -0.2) is 4.99 Å². The van der Waals surface area contributed by atoms with Gasteiger partial charge < -0.3 is 20.3 Å². The third-order valence-electron chi connectivity index (χ3n) is 4.07. The smallest absolute Gasteiger partial charge is 0.222 e. The van der Waals surface area contributed by atoms with E-state index in [2.05, 4.69) is 15.6 Å². The normalized spacial score (nSPS) is 14.2. The van der Waals surface area contributed by atoms with Crippen molar-refractivity contribution in [2.75, 3.05) is 33.3 Å². The number of rotatable bonds is 8. The van der Waals surface area contributed by atoms with Crippen LogP contribution in [-0.2, 0) is 11.3 Å². The summed E-state index contributed by atoms with van der Waals surface area (Å²) in [5.41, 5.74) is 0.978. The molecular weight excluding hydrogens is 467 g/mol. The highest BCUT2D eigenvalue weighted by atomic mass is 127. The maximum atomic E-state index is 11.6. The van der Waals surface area contributed by atoms with Gasteiger partial charge in [-0.2, -0.15) is 0 Å². The summed E-state index contributed by atoms with van der Waals surface area (Å²) >= 11 is 5.99. The number of halogens is 2. The number of guanidine groups is 1. The van der Waals surface area contributed by atoms with E-state index in [4.69, 9.17) is 16.3 Å². The molecule has 1 aromatic rings. The standard InChI is InChI=1S/C18H27ClN4O2.HI/c1-3-20-18(21-9-5-11-23-10-4-6-17(23)24)22-13-14-7-8-15(19)12-16(14)25-2;/h7-8,12H,3-6,9-11,13H2,1-2H3,(H2,20,21,22);1H. The Morgan fingerprint density at radius 1 is 1.38 bits per heavy atom. The van der Waals surface area contributed by atoms with Crippen LogP contribution < -0.4 is 15.4 Å². The van der Waals surface area contributed by atoms with Gasteiger partial charge in [-0.15, -0.1) is 24.0 Å². The van der Waals surface area contributed by atoms with Gasteiger partial charge in [0.2, 0.25) is 5.91 Å². The molecule has 2 rings (SSSR count). The fourth-order valence-corrected chi connectivity index (χ4v) is 2.93. The van der Waals surface area contributed by atoms with E-state index in [1.807, 2.05) is 24.0 Å². The molecule has 1 amide bonds. The molecule has 1 aromatic carbocycles. The van der Waals surface area contributed by atoms with Crippen molar-refractivity contribution in [1.82, 2.24) is 15.5 Å². The van der Waals surface area contributed by atoms with E-state index in [-0.39, 0.29) is 29.9 Å². The molecule has 0 bridgehead atoms. The summed E-state index contributed by atoms with van der Waals surface area (Å²) in [6.45, 7) is 5.78. The molecule has 1 saturated heterocycles. The van der Waals surface area contributed by atoms with Crippen LogP contribution in [0.25, 0.3) is 0 Å². The SMILES string of the molecule is CCNC(=NCc1ccc(Cl)cc1OC)NCCCN1CCCC1=O.I. The number of likely N-dealkylation sites (tertiary alicyclic amines) is 1. The molecule has 6 nitrogen and oxygen atoms in total. The van der Waals surface area contributed by atoms with Gasteiger partial charge in [0.05, 0.1) is 13.7 Å². The zero-order valence-electron chi connectivity index (χ0n) is 15.4. The first-order valence-corrected chi connectivity index (χ1v) is 9.14. The number of hydrogen-bond acceptors (Lipinski definition) is 3. The summed E-state index contributed by atoms with van der Waals surface area (Å²) in [6.07, 6.45) is 2.58. The Morgan fingerprint density at radius 3 is 2.85 bits per heavy atom. The number of hydrogen-bond donors (Lipinski definition) is 2. The number of carbonyl (C=O) groups is 1. The molecular formula is C18H28ClIN4O2. The summed E-state index contributed by atoms with van der Waals surface area (Å²) in [6, 6.07) is 5.55. The molecule has 1 aliphatic rings. The number of benzene rings is 1. The lowest BCUT2D eigenvalue weighted by atomic mass is 10.2. The number of methoxy groups -OCH3 is 1. The summed E-state index contributed by atoms with van der Waals surface area (Å²) in [5.74, 6) is 1.77. The fraction of sp³-hybridized carbons (Fsp3) is 0.556. The Morgan fingerprint density at radius 2 is 2.19 bits per heavy atom. The maximum absolute atomic E-state index is 11.6. The molecule has 26 heavy (non-hydrogen) atoms. The van der Waals surface area contributed by atoms with E-state index in [1.54, 1.807) is 13.2 Å². The van der Waals surface area contributed by atoms with Crippen molar-refractivity contribution in [1.29, 1.82) is 0 Å². The predicted molar refractivity (Wildman–Crippen MR) is 117 cm³/mol. The average Bonchev–Trinajstić information content (AvgIpc) is 3.02. The van der Waals surface area contributed by atoms with Crippen LogP contribution in [0.2, 0.25) is 5.02 Å². The molecule has 1 fully saturated rings. The van der Waals surface area contributed by atoms with Gasteiger partial charge in [0, 0.05) is 43.2 Å². The van der Waals surface area contributed by atoms with E-state index in [1.165, 1.54) is 0 Å². The summed E-state index contributed by atoms with van der Waals surface area (Å²) in [4.78, 5) is 18.1. The quantitative estimate of drug-likeness (QED) is 0.252. The van der Waals surface area contributed by atoms with Gasteiger partial charge in [-0.1, -0.05) is 17.7 Å². The van der Waals surface area contributed by atoms with Gasteiger partial charge in [-0.05, 0) is 31.9 Å². The number of ether oxygens (including phenoxy) is 1. The second-order valence-corrected chi connectivity index (χ2v) is 6.35. The van der Waals surface area contributed by atoms with E-state index in [0.717, 1.165) is 56.3 Å². The van der Waals surface area contributed by atoms with Gasteiger partial charge in [0.15, 0.2) is 5.96 Å². The van der Waals surface area contributed by atoms with Crippen LogP contribution in [0.5, 0.6) is 5.75 Å². The minimum absolute atomic E-state index is 0. The van der Waals surface area contributed by atoms with Crippen molar-refractivity contribution in [2.45, 2.75) is 32.7 Å². The van der Waals surface area contributed by atoms with Gasteiger partial charge in [-0.3, -0.25) is 4.79 Å². The molecule has 8 heteroatoms. The molecule has 2 N–H and O–H groups in total. The summed E-state index contributed by atoms with van der Waals surface area (Å²) in [5, 5.41) is 7.19. The van der Waals surface area contributed by atoms with Crippen molar-refractivity contribution in [3.8, 4) is 5.75 Å². The molecule has 0 aliphatic carbocycles. The summed E-state index contributed by atoms with van der Waals surface area (Å²) < 4.78 is 5.35. The first-order chi connectivity index (χ1) is 12.1. The first kappa shape index (κ1) is 22.8. The second kappa shape index (κ2) is 12.2. The lowest BCUT2D eigenvalue weighted by Crippen LogP contribution is -2.39. The highest BCUT2D eigenvalue weighted by Gasteiger charge is 2.18. The van der Waals surface area contributed by atoms with Crippen molar-refractivity contribution in [3.05, 3.63) is 28.8 Å². The minimum atomic E-state index is 0. The Labute approximate surface area is 177 Å². The van der Waals surface area contributed by atoms with E-state index in [0.29, 0.717) is 18.0 Å². The molecule has 0 radical (unpaired) electrons. The molecule has 0 aromatic heterocycles. The zero-order valence-corrected chi connectivity index (χ0v) is 18.5. The van der Waals surface area contributed by atoms with Crippen molar-refractivity contribution in [2.24, 2.45) is 4.99 Å². The monoisotopic (exact) mass is 494 g/mol. The highest BCUT2D eigenvalue weighted by molar-refractivity contribution is 14.0. The van der Waals surface area contributed by atoms with Gasteiger partial charge in [0.1, 0.15) is 5.75 Å². The van der Waals surface area contributed by atoms with Crippen LogP contribution in [0.15, 0.2) is 23.2 Å². The van der Waals surface area contributed by atoms with Crippen LogP contribution in [0.4, 0.5) is 0 Å². The Hall–Kier alpha value is -1.22. The number of nitrogens with one attached hydrogen (secondary N) is 2. The van der Waals surface area contributed by atoms with E-state index < -0.39 is 0 Å². The zero-order chi connectivity index (χ0) is 18.1. The highest BCUT2D eigenvalue weighted by Crippen LogP contribution is 2.23. The predicted octanol–water partition coefficient (Wildman–Crippen LogP) is 3.03. The van der Waals surface area contributed by atoms with Crippen LogP contribution >= 0.6 is 35.6 Å². The molecule has 146 valence electrons. The molecule has 0 atom stereocenters. The lowest BCUT2D eigenvalue weighted by Gasteiger charge is -2.16. The Balaban J connectivity index is 0.00000338. The fourth-order valence-electron chi connectivity index (χ4n) is 2.77. The maximum Gasteiger partial charge on any atom is 0.222 e. The molecule has 1 aliphatic heterocycles. The third kappa shape index (κ3) is 7.19. The van der Waals surface area contributed by atoms with Gasteiger partial charge >= 0.3 is 0 Å². The van der Waals surface area contributed by atoms with Crippen molar-refractivity contribution >= 4 is 47.4 Å². The van der Waals surface area contributed by atoms with Crippen LogP contribution in [0.3, 0.4) is 0 Å². The average molecular weight is 495 g/mol. The largest absolute Gasteiger partial charge is 0.496 e. The van der Waals surface area contributed by atoms with Crippen molar-refractivity contribution in [3.63, 3.8) is 0 Å². The van der Waals surface area contributed by atoms with E-state index in [9.17, 15) is 4.79 Å². The molecule has 0 spiro atoms. The second-order valence-electron chi connectivity index (χ2n) is 5.92. The van der Waals surface area contributed by atoms with Crippen LogP contribution in [0.1, 0.15) is 31.7 Å². The minimum Gasteiger partial charge on any atom is -0.496 e. The van der Waals surface area contributed by atoms with Gasteiger partial charge in [0.25, 0.3) is 0 Å². The van der Waals surface area contributed by atoms with Crippen LogP contribution in [-0.4, -0.2) is 50.1 Å². The number of amides is 1. The number of aliphatic imine (C=N–C) groups is 1. The number of carbonyl (C=O) groups excluding carboxylic acids is 1. The van der Waals surface area contributed by atoms with E-state index >= 15 is 0 Å². The number of nitrogens with zero attached hydrogens (tertiary/aromatic N) is 2. The topological polar surface area (TPSA) is 66.0 Å². The molecule has 1 heterocycles. The first-order valence-electron chi connectivity index (χ1n) is 8.76.